The summed E-state index contributed by atoms with van der Waals surface area (Å²) >= 11 is 0. The first-order chi connectivity index (χ1) is 15.1. The zero-order valence-corrected chi connectivity index (χ0v) is 16.7. The fourth-order valence-electron chi connectivity index (χ4n) is 4.17. The zero-order valence-electron chi connectivity index (χ0n) is 16.7. The lowest BCUT2D eigenvalue weighted by molar-refractivity contribution is 0.0917. The summed E-state index contributed by atoms with van der Waals surface area (Å²) in [5.41, 5.74) is 5.12. The predicted octanol–water partition coefficient (Wildman–Crippen LogP) is 3.83. The number of hydrogen-bond donors (Lipinski definition) is 1. The number of carbonyl (C=O) groups excluding carboxylic acids is 1. The van der Waals surface area contributed by atoms with Crippen LogP contribution in [0.15, 0.2) is 47.7 Å². The Morgan fingerprint density at radius 1 is 1.19 bits per heavy atom. The minimum atomic E-state index is -0.671. The third kappa shape index (κ3) is 3.31. The second-order valence-corrected chi connectivity index (χ2v) is 7.51. The average molecular weight is 423 g/mol. The van der Waals surface area contributed by atoms with Crippen molar-refractivity contribution in [2.75, 3.05) is 12.0 Å². The van der Waals surface area contributed by atoms with Gasteiger partial charge in [0.25, 0.3) is 0 Å². The molecule has 2 aliphatic heterocycles. The summed E-state index contributed by atoms with van der Waals surface area (Å²) in [4.78, 5) is 27.6. The van der Waals surface area contributed by atoms with Crippen molar-refractivity contribution in [3.05, 3.63) is 76.9 Å². The van der Waals surface area contributed by atoms with E-state index in [2.05, 4.69) is 20.6 Å². The van der Waals surface area contributed by atoms with Gasteiger partial charge in [-0.1, -0.05) is 19.1 Å². The van der Waals surface area contributed by atoms with Gasteiger partial charge in [-0.15, -0.1) is 0 Å². The van der Waals surface area contributed by atoms with E-state index in [9.17, 15) is 13.6 Å². The Bertz CT molecular complexity index is 1190. The topological polar surface area (TPSA) is 81.4 Å². The molecule has 0 saturated carbocycles. The van der Waals surface area contributed by atoms with Crippen LogP contribution in [0, 0.1) is 11.6 Å². The van der Waals surface area contributed by atoms with E-state index >= 15 is 0 Å². The SMILES string of the molecule is CCCn1ncnc1C1C2=NCC(=O)c3cc(F)cc(c32)NOC1c1ccc(F)cc1. The highest BCUT2D eigenvalue weighted by atomic mass is 19.1. The minimum Gasteiger partial charge on any atom is -0.292 e. The largest absolute Gasteiger partial charge is 0.292 e. The van der Waals surface area contributed by atoms with Gasteiger partial charge in [-0.2, -0.15) is 5.10 Å². The Labute approximate surface area is 176 Å². The summed E-state index contributed by atoms with van der Waals surface area (Å²) in [6.07, 6.45) is 1.63. The van der Waals surface area contributed by atoms with Crippen molar-refractivity contribution in [3.8, 4) is 0 Å². The lowest BCUT2D eigenvalue weighted by Gasteiger charge is -2.27. The molecule has 9 heteroatoms. The van der Waals surface area contributed by atoms with Crippen LogP contribution in [0.4, 0.5) is 14.5 Å². The van der Waals surface area contributed by atoms with Crippen molar-refractivity contribution in [1.82, 2.24) is 14.8 Å². The lowest BCUT2D eigenvalue weighted by atomic mass is 9.83. The lowest BCUT2D eigenvalue weighted by Crippen LogP contribution is -2.29. The molecule has 0 amide bonds. The molecule has 0 saturated heterocycles. The third-order valence-corrected chi connectivity index (χ3v) is 5.50. The Morgan fingerprint density at radius 3 is 2.77 bits per heavy atom. The number of aryl methyl sites for hydroxylation is 1. The van der Waals surface area contributed by atoms with Crippen LogP contribution >= 0.6 is 0 Å². The molecule has 0 bridgehead atoms. The first-order valence-corrected chi connectivity index (χ1v) is 10.0. The van der Waals surface area contributed by atoms with Crippen LogP contribution in [0.5, 0.6) is 0 Å². The Balaban J connectivity index is 1.74. The molecule has 1 aromatic heterocycles. The molecule has 158 valence electrons. The number of aromatic nitrogens is 3. The van der Waals surface area contributed by atoms with Gasteiger partial charge in [-0.3, -0.25) is 20.1 Å². The fourth-order valence-corrected chi connectivity index (χ4v) is 4.17. The smallest absolute Gasteiger partial charge is 0.185 e. The molecular weight excluding hydrogens is 404 g/mol. The predicted molar refractivity (Wildman–Crippen MR) is 109 cm³/mol. The molecule has 2 atom stereocenters. The number of nitrogens with one attached hydrogen (secondary N) is 1. The highest BCUT2D eigenvalue weighted by Gasteiger charge is 2.41. The maximum atomic E-state index is 14.2. The van der Waals surface area contributed by atoms with Crippen LogP contribution in [-0.2, 0) is 11.4 Å². The number of nitrogens with zero attached hydrogens (tertiary/aromatic N) is 4. The first kappa shape index (κ1) is 19.5. The number of ketones is 1. The van der Waals surface area contributed by atoms with Gasteiger partial charge in [0, 0.05) is 17.7 Å². The van der Waals surface area contributed by atoms with E-state index in [0.29, 0.717) is 34.9 Å². The maximum absolute atomic E-state index is 14.2. The first-order valence-electron chi connectivity index (χ1n) is 10.0. The van der Waals surface area contributed by atoms with Gasteiger partial charge < -0.3 is 0 Å². The molecule has 7 nitrogen and oxygen atoms in total. The molecule has 2 unspecified atom stereocenters. The Hall–Kier alpha value is -3.46. The van der Waals surface area contributed by atoms with Crippen molar-refractivity contribution >= 4 is 17.2 Å². The van der Waals surface area contributed by atoms with Crippen molar-refractivity contribution in [1.29, 1.82) is 0 Å². The molecule has 3 aromatic rings. The molecule has 3 heterocycles. The van der Waals surface area contributed by atoms with Gasteiger partial charge in [0.2, 0.25) is 0 Å². The highest BCUT2D eigenvalue weighted by molar-refractivity contribution is 6.20. The van der Waals surface area contributed by atoms with E-state index in [4.69, 9.17) is 4.84 Å². The molecule has 0 fully saturated rings. The quantitative estimate of drug-likeness (QED) is 0.690. The van der Waals surface area contributed by atoms with E-state index in [1.165, 1.54) is 30.6 Å². The number of carbonyl (C=O) groups is 1. The highest BCUT2D eigenvalue weighted by Crippen LogP contribution is 2.43. The number of Topliss-reactive ketones (excluding diaryl/α,β-unsaturated/α-hetero) is 1. The summed E-state index contributed by atoms with van der Waals surface area (Å²) < 4.78 is 29.6. The standard InChI is InChI=1S/C22H19F2N5O2/c1-2-7-29-22(26-11-27-29)19-20-18-15(17(30)10-25-20)8-14(24)9-16(18)28-31-21(19)12-3-5-13(23)6-4-12/h3-6,8-9,11,19,21,28H,2,7,10H2,1H3. The van der Waals surface area contributed by atoms with Crippen molar-refractivity contribution in [2.45, 2.75) is 31.9 Å². The summed E-state index contributed by atoms with van der Waals surface area (Å²) in [6.45, 7) is 2.56. The molecule has 0 aliphatic carbocycles. The van der Waals surface area contributed by atoms with E-state index in [1.807, 2.05) is 6.92 Å². The van der Waals surface area contributed by atoms with Gasteiger partial charge in [-0.05, 0) is 36.2 Å². The number of rotatable bonds is 4. The molecule has 0 spiro atoms. The fraction of sp³-hybridized carbons (Fsp3) is 0.273. The number of anilines is 1. The second-order valence-electron chi connectivity index (χ2n) is 7.51. The van der Waals surface area contributed by atoms with E-state index in [0.717, 1.165) is 6.42 Å². The van der Waals surface area contributed by atoms with Crippen LogP contribution in [0.1, 0.15) is 52.7 Å². The molecule has 31 heavy (non-hydrogen) atoms. The summed E-state index contributed by atoms with van der Waals surface area (Å²) in [5.74, 6) is -1.13. The van der Waals surface area contributed by atoms with Gasteiger partial charge in [0.15, 0.2) is 5.78 Å². The normalized spacial score (nSPS) is 20.0. The van der Waals surface area contributed by atoms with Crippen molar-refractivity contribution in [3.63, 3.8) is 0 Å². The molecular formula is C22H19F2N5O2. The summed E-state index contributed by atoms with van der Waals surface area (Å²) in [7, 11) is 0. The van der Waals surface area contributed by atoms with E-state index in [1.54, 1.807) is 16.8 Å². The average Bonchev–Trinajstić information content (AvgIpc) is 3.14. The summed E-state index contributed by atoms with van der Waals surface area (Å²) in [5, 5.41) is 4.34. The third-order valence-electron chi connectivity index (χ3n) is 5.50. The molecule has 2 aromatic carbocycles. The molecule has 5 rings (SSSR count). The van der Waals surface area contributed by atoms with Crippen LogP contribution in [0.2, 0.25) is 0 Å². The van der Waals surface area contributed by atoms with Gasteiger partial charge in [0.1, 0.15) is 36.4 Å². The second kappa shape index (κ2) is 7.66. The van der Waals surface area contributed by atoms with Crippen LogP contribution in [0.25, 0.3) is 0 Å². The number of halogens is 2. The van der Waals surface area contributed by atoms with E-state index < -0.39 is 17.8 Å². The number of aliphatic imine (C=N–C) groups is 1. The van der Waals surface area contributed by atoms with Crippen molar-refractivity contribution in [2.24, 2.45) is 4.99 Å². The van der Waals surface area contributed by atoms with Gasteiger partial charge in [0.05, 0.1) is 17.3 Å². The Morgan fingerprint density at radius 2 is 2.00 bits per heavy atom. The zero-order chi connectivity index (χ0) is 21.5. The number of benzene rings is 2. The van der Waals surface area contributed by atoms with Crippen LogP contribution in [0.3, 0.4) is 0 Å². The van der Waals surface area contributed by atoms with Gasteiger partial charge in [-0.25, -0.2) is 18.4 Å². The van der Waals surface area contributed by atoms with Crippen LogP contribution < -0.4 is 5.48 Å². The van der Waals surface area contributed by atoms with E-state index in [-0.39, 0.29) is 23.7 Å². The minimum absolute atomic E-state index is 0.0974. The monoisotopic (exact) mass is 423 g/mol. The Kier molecular flexibility index (Phi) is 4.82. The van der Waals surface area contributed by atoms with Crippen LogP contribution in [-0.4, -0.2) is 32.8 Å². The molecule has 1 N–H and O–H groups in total. The van der Waals surface area contributed by atoms with Crippen molar-refractivity contribution < 1.29 is 18.4 Å². The molecule has 0 radical (unpaired) electrons. The molecule has 2 aliphatic rings. The number of hydrogen-bond acceptors (Lipinski definition) is 6. The maximum Gasteiger partial charge on any atom is 0.185 e. The summed E-state index contributed by atoms with van der Waals surface area (Å²) in [6, 6.07) is 8.45. The van der Waals surface area contributed by atoms with Gasteiger partial charge >= 0.3 is 0 Å².